The van der Waals surface area contributed by atoms with E-state index in [1.54, 1.807) is 0 Å². The Morgan fingerprint density at radius 3 is 2.87 bits per heavy atom. The third kappa shape index (κ3) is 4.64. The van der Waals surface area contributed by atoms with Crippen LogP contribution in [0.5, 0.6) is 0 Å². The molecule has 0 bridgehead atoms. The fourth-order valence-electron chi connectivity index (χ4n) is 1.15. The van der Waals surface area contributed by atoms with Gasteiger partial charge in [0.2, 0.25) is 0 Å². The van der Waals surface area contributed by atoms with Crippen LogP contribution in [-0.4, -0.2) is 12.6 Å². The Balaban J connectivity index is 2.65. The summed E-state index contributed by atoms with van der Waals surface area (Å²) in [5, 5.41) is 0. The third-order valence-corrected chi connectivity index (χ3v) is 1.85. The number of benzene rings is 1. The minimum Gasteiger partial charge on any atom is -0.374 e. The maximum atomic E-state index is 5.51. The molecule has 0 unspecified atom stereocenters. The van der Waals surface area contributed by atoms with Gasteiger partial charge in [-0.3, -0.25) is 0 Å². The van der Waals surface area contributed by atoms with Crippen LogP contribution in [0.15, 0.2) is 24.3 Å². The molecule has 0 saturated heterocycles. The van der Waals surface area contributed by atoms with Crippen molar-refractivity contribution in [1.29, 1.82) is 0 Å². The van der Waals surface area contributed by atoms with E-state index in [0.717, 1.165) is 11.1 Å². The quantitative estimate of drug-likeness (QED) is 0.762. The summed E-state index contributed by atoms with van der Waals surface area (Å²) < 4.78 is 5.51. The van der Waals surface area contributed by atoms with Gasteiger partial charge in [-0.05, 0) is 31.5 Å². The maximum Gasteiger partial charge on any atom is 0.0720 e. The molecular weight excluding hydrogens is 186 g/mol. The minimum absolute atomic E-state index is 0.254. The van der Waals surface area contributed by atoms with Crippen molar-refractivity contribution in [2.24, 2.45) is 5.73 Å². The molecule has 15 heavy (non-hydrogen) atoms. The summed E-state index contributed by atoms with van der Waals surface area (Å²) in [5.74, 6) is 5.84. The molecule has 0 amide bonds. The van der Waals surface area contributed by atoms with E-state index in [0.29, 0.717) is 13.2 Å². The van der Waals surface area contributed by atoms with E-state index >= 15 is 0 Å². The smallest absolute Gasteiger partial charge is 0.0720 e. The summed E-state index contributed by atoms with van der Waals surface area (Å²) in [6.45, 7) is 5.08. The van der Waals surface area contributed by atoms with Crippen LogP contribution in [0.1, 0.15) is 25.0 Å². The normalized spacial score (nSPS) is 9.87. The van der Waals surface area contributed by atoms with Crippen LogP contribution in [0, 0.1) is 11.8 Å². The number of ether oxygens (including phenoxy) is 1. The van der Waals surface area contributed by atoms with E-state index in [2.05, 4.69) is 11.8 Å². The molecule has 2 N–H and O–H groups in total. The second-order valence-electron chi connectivity index (χ2n) is 3.57. The lowest BCUT2D eigenvalue weighted by atomic mass is 10.1. The standard InChI is InChI=1S/C13H17NO/c1-11(2)15-10-13-6-3-5-12(9-13)7-4-8-14/h3,5-6,9,11H,8,10,14H2,1-2H3. The highest BCUT2D eigenvalue weighted by molar-refractivity contribution is 5.37. The summed E-state index contributed by atoms with van der Waals surface area (Å²) in [4.78, 5) is 0. The molecule has 0 heterocycles. The molecule has 0 atom stereocenters. The molecule has 80 valence electrons. The predicted octanol–water partition coefficient (Wildman–Crippen LogP) is 1.92. The van der Waals surface area contributed by atoms with Crippen molar-refractivity contribution in [2.45, 2.75) is 26.6 Å². The van der Waals surface area contributed by atoms with Crippen molar-refractivity contribution in [3.8, 4) is 11.8 Å². The predicted molar refractivity (Wildman–Crippen MR) is 62.3 cm³/mol. The summed E-state index contributed by atoms with van der Waals surface area (Å²) in [7, 11) is 0. The minimum atomic E-state index is 0.254. The molecule has 1 aromatic rings. The fourth-order valence-corrected chi connectivity index (χ4v) is 1.15. The lowest BCUT2D eigenvalue weighted by Crippen LogP contribution is -2.02. The van der Waals surface area contributed by atoms with E-state index in [1.807, 2.05) is 38.1 Å². The van der Waals surface area contributed by atoms with Gasteiger partial charge in [-0.25, -0.2) is 0 Å². The lowest BCUT2D eigenvalue weighted by Gasteiger charge is -2.07. The molecule has 2 heteroatoms. The van der Waals surface area contributed by atoms with Gasteiger partial charge >= 0.3 is 0 Å². The van der Waals surface area contributed by atoms with Gasteiger partial charge in [0.15, 0.2) is 0 Å². The first-order chi connectivity index (χ1) is 7.22. The molecule has 0 fully saturated rings. The topological polar surface area (TPSA) is 35.2 Å². The van der Waals surface area contributed by atoms with E-state index in [-0.39, 0.29) is 6.10 Å². The zero-order valence-electron chi connectivity index (χ0n) is 9.29. The molecule has 0 aliphatic carbocycles. The highest BCUT2D eigenvalue weighted by Crippen LogP contribution is 2.06. The Morgan fingerprint density at radius 1 is 1.40 bits per heavy atom. The van der Waals surface area contributed by atoms with Crippen LogP contribution in [0.3, 0.4) is 0 Å². The summed E-state index contributed by atoms with van der Waals surface area (Å²) >= 11 is 0. The van der Waals surface area contributed by atoms with E-state index in [9.17, 15) is 0 Å². The maximum absolute atomic E-state index is 5.51. The Hall–Kier alpha value is -1.30. The second kappa shape index (κ2) is 6.23. The Labute approximate surface area is 91.4 Å². The van der Waals surface area contributed by atoms with Gasteiger partial charge in [0, 0.05) is 5.56 Å². The van der Waals surface area contributed by atoms with Crippen molar-refractivity contribution in [3.05, 3.63) is 35.4 Å². The average Bonchev–Trinajstić information content (AvgIpc) is 2.24. The number of nitrogens with two attached hydrogens (primary N) is 1. The molecule has 1 rings (SSSR count). The van der Waals surface area contributed by atoms with Gasteiger partial charge in [-0.15, -0.1) is 0 Å². The molecule has 0 aromatic heterocycles. The molecular formula is C13H17NO. The van der Waals surface area contributed by atoms with Gasteiger partial charge in [-0.1, -0.05) is 24.0 Å². The van der Waals surface area contributed by atoms with Gasteiger partial charge in [-0.2, -0.15) is 0 Å². The van der Waals surface area contributed by atoms with Gasteiger partial charge < -0.3 is 10.5 Å². The number of hydrogen-bond acceptors (Lipinski definition) is 2. The zero-order chi connectivity index (χ0) is 11.1. The number of hydrogen-bond donors (Lipinski definition) is 1. The van der Waals surface area contributed by atoms with Crippen molar-refractivity contribution >= 4 is 0 Å². The zero-order valence-corrected chi connectivity index (χ0v) is 9.29. The van der Waals surface area contributed by atoms with Crippen molar-refractivity contribution in [1.82, 2.24) is 0 Å². The first-order valence-electron chi connectivity index (χ1n) is 5.12. The van der Waals surface area contributed by atoms with Gasteiger partial charge in [0.25, 0.3) is 0 Å². The molecule has 0 saturated carbocycles. The van der Waals surface area contributed by atoms with Crippen LogP contribution >= 0.6 is 0 Å². The summed E-state index contributed by atoms with van der Waals surface area (Å²) in [5.41, 5.74) is 7.45. The SMILES string of the molecule is CC(C)OCc1cccc(C#CCN)c1. The Kier molecular flexibility index (Phi) is 4.89. The summed E-state index contributed by atoms with van der Waals surface area (Å²) in [6, 6.07) is 8.03. The van der Waals surface area contributed by atoms with Crippen LogP contribution in [0.4, 0.5) is 0 Å². The molecule has 1 aromatic carbocycles. The highest BCUT2D eigenvalue weighted by atomic mass is 16.5. The fraction of sp³-hybridized carbons (Fsp3) is 0.385. The van der Waals surface area contributed by atoms with E-state index < -0.39 is 0 Å². The lowest BCUT2D eigenvalue weighted by molar-refractivity contribution is 0.0657. The Bertz CT molecular complexity index is 360. The first-order valence-corrected chi connectivity index (χ1v) is 5.12. The average molecular weight is 203 g/mol. The Morgan fingerprint density at radius 2 is 2.20 bits per heavy atom. The summed E-state index contributed by atoms with van der Waals surface area (Å²) in [6.07, 6.45) is 0.254. The molecule has 0 aliphatic rings. The second-order valence-corrected chi connectivity index (χ2v) is 3.57. The van der Waals surface area contributed by atoms with Crippen LogP contribution in [0.25, 0.3) is 0 Å². The molecule has 0 radical (unpaired) electrons. The van der Waals surface area contributed by atoms with Crippen molar-refractivity contribution in [2.75, 3.05) is 6.54 Å². The number of rotatable bonds is 3. The van der Waals surface area contributed by atoms with Crippen molar-refractivity contribution in [3.63, 3.8) is 0 Å². The highest BCUT2D eigenvalue weighted by Gasteiger charge is 1.96. The van der Waals surface area contributed by atoms with Gasteiger partial charge in [0.05, 0.1) is 19.3 Å². The molecule has 0 spiro atoms. The molecule has 0 aliphatic heterocycles. The largest absolute Gasteiger partial charge is 0.374 e. The van der Waals surface area contributed by atoms with E-state index in [4.69, 9.17) is 10.5 Å². The van der Waals surface area contributed by atoms with Gasteiger partial charge in [0.1, 0.15) is 0 Å². The van der Waals surface area contributed by atoms with E-state index in [1.165, 1.54) is 0 Å². The van der Waals surface area contributed by atoms with Crippen molar-refractivity contribution < 1.29 is 4.74 Å². The monoisotopic (exact) mass is 203 g/mol. The van der Waals surface area contributed by atoms with Crippen LogP contribution < -0.4 is 5.73 Å². The van der Waals surface area contributed by atoms with Crippen LogP contribution in [-0.2, 0) is 11.3 Å². The van der Waals surface area contributed by atoms with Crippen LogP contribution in [0.2, 0.25) is 0 Å². The first kappa shape index (κ1) is 11.8. The third-order valence-electron chi connectivity index (χ3n) is 1.85. The molecule has 2 nitrogen and oxygen atoms in total.